The summed E-state index contributed by atoms with van der Waals surface area (Å²) in [6.45, 7) is 1.66. The van der Waals surface area contributed by atoms with Gasteiger partial charge in [0.15, 0.2) is 0 Å². The number of benzene rings is 1. The van der Waals surface area contributed by atoms with Crippen LogP contribution in [-0.4, -0.2) is 17.4 Å². The predicted molar refractivity (Wildman–Crippen MR) is 62.7 cm³/mol. The molecule has 0 atom stereocenters. The molecule has 0 saturated heterocycles. The molecule has 0 fully saturated rings. The summed E-state index contributed by atoms with van der Waals surface area (Å²) in [6.07, 6.45) is 0. The first-order valence-electron chi connectivity index (χ1n) is 4.64. The molecule has 1 rings (SSSR count). The summed E-state index contributed by atoms with van der Waals surface area (Å²) in [5.41, 5.74) is 0.975. The van der Waals surface area contributed by atoms with Gasteiger partial charge in [-0.1, -0.05) is 6.07 Å². The largest absolute Gasteiger partial charge is 0.325 e. The van der Waals surface area contributed by atoms with Crippen molar-refractivity contribution in [3.8, 4) is 6.07 Å². The van der Waals surface area contributed by atoms with Gasteiger partial charge in [0.1, 0.15) is 5.82 Å². The first-order valence-corrected chi connectivity index (χ1v) is 5.79. The van der Waals surface area contributed by atoms with Gasteiger partial charge < -0.3 is 5.32 Å². The topological polar surface area (TPSA) is 52.9 Å². The summed E-state index contributed by atoms with van der Waals surface area (Å²) in [5.74, 6) is -0.107. The van der Waals surface area contributed by atoms with Crippen LogP contribution in [-0.2, 0) is 4.79 Å². The second kappa shape index (κ2) is 6.13. The lowest BCUT2D eigenvalue weighted by atomic mass is 10.2. The normalized spacial score (nSPS) is 9.56. The molecule has 84 valence electrons. The van der Waals surface area contributed by atoms with E-state index in [0.29, 0.717) is 11.3 Å². The Kier molecular flexibility index (Phi) is 4.80. The molecule has 0 aliphatic carbocycles. The molecule has 1 aromatic carbocycles. The van der Waals surface area contributed by atoms with Crippen molar-refractivity contribution in [2.45, 2.75) is 6.92 Å². The number of thioether (sulfide) groups is 1. The molecule has 0 spiro atoms. The molecule has 0 heterocycles. The Hall–Kier alpha value is -1.54. The number of carbonyl (C=O) groups is 1. The third-order valence-corrected chi connectivity index (χ3v) is 2.65. The van der Waals surface area contributed by atoms with Crippen molar-refractivity contribution >= 4 is 23.4 Å². The lowest BCUT2D eigenvalue weighted by Crippen LogP contribution is -2.14. The molecule has 0 saturated carbocycles. The summed E-state index contributed by atoms with van der Waals surface area (Å²) in [7, 11) is 0. The quantitative estimate of drug-likeness (QED) is 0.819. The van der Waals surface area contributed by atoms with E-state index >= 15 is 0 Å². The fraction of sp³-hybridized carbons (Fsp3) is 0.273. The molecule has 0 unspecified atom stereocenters. The maximum atomic E-state index is 13.1. The van der Waals surface area contributed by atoms with Crippen molar-refractivity contribution < 1.29 is 9.18 Å². The molecule has 0 bridgehead atoms. The Balaban J connectivity index is 2.50. The summed E-state index contributed by atoms with van der Waals surface area (Å²) in [4.78, 5) is 11.3. The van der Waals surface area contributed by atoms with Crippen LogP contribution in [0.2, 0.25) is 0 Å². The van der Waals surface area contributed by atoms with Crippen LogP contribution in [0.5, 0.6) is 0 Å². The number of anilines is 1. The highest BCUT2D eigenvalue weighted by molar-refractivity contribution is 8.00. The smallest absolute Gasteiger partial charge is 0.234 e. The lowest BCUT2D eigenvalue weighted by molar-refractivity contribution is -0.113. The molecule has 1 amide bonds. The second-order valence-electron chi connectivity index (χ2n) is 3.16. The maximum Gasteiger partial charge on any atom is 0.234 e. The summed E-state index contributed by atoms with van der Waals surface area (Å²) >= 11 is 1.22. The fourth-order valence-corrected chi connectivity index (χ4v) is 1.51. The van der Waals surface area contributed by atoms with Crippen LogP contribution in [0.1, 0.15) is 5.56 Å². The van der Waals surface area contributed by atoms with Crippen LogP contribution in [0.3, 0.4) is 0 Å². The number of rotatable bonds is 4. The average Bonchev–Trinajstić information content (AvgIpc) is 2.24. The third-order valence-electron chi connectivity index (χ3n) is 1.86. The Labute approximate surface area is 97.6 Å². The number of nitrogens with one attached hydrogen (secondary N) is 1. The van der Waals surface area contributed by atoms with Crippen molar-refractivity contribution in [1.29, 1.82) is 5.26 Å². The Morgan fingerprint density at radius 2 is 2.38 bits per heavy atom. The highest BCUT2D eigenvalue weighted by atomic mass is 32.2. The first kappa shape index (κ1) is 12.5. The van der Waals surface area contributed by atoms with E-state index in [1.807, 2.05) is 6.07 Å². The minimum Gasteiger partial charge on any atom is -0.325 e. The van der Waals surface area contributed by atoms with E-state index in [1.54, 1.807) is 19.1 Å². The summed E-state index contributed by atoms with van der Waals surface area (Å²) < 4.78 is 13.1. The molecular weight excluding hydrogens is 227 g/mol. The second-order valence-corrected chi connectivity index (χ2v) is 4.15. The van der Waals surface area contributed by atoms with Gasteiger partial charge >= 0.3 is 0 Å². The number of carbonyl (C=O) groups excluding carboxylic acids is 1. The van der Waals surface area contributed by atoms with Gasteiger partial charge in [0.25, 0.3) is 0 Å². The fourth-order valence-electron chi connectivity index (χ4n) is 1.06. The number of halogens is 1. The van der Waals surface area contributed by atoms with Crippen LogP contribution in [0.15, 0.2) is 18.2 Å². The molecule has 1 aromatic rings. The average molecular weight is 238 g/mol. The van der Waals surface area contributed by atoms with Crippen molar-refractivity contribution in [2.75, 3.05) is 16.8 Å². The Morgan fingerprint density at radius 3 is 3.00 bits per heavy atom. The van der Waals surface area contributed by atoms with Crippen molar-refractivity contribution in [2.24, 2.45) is 0 Å². The van der Waals surface area contributed by atoms with E-state index in [0.717, 1.165) is 0 Å². The molecule has 0 aliphatic rings. The highest BCUT2D eigenvalue weighted by Gasteiger charge is 2.04. The van der Waals surface area contributed by atoms with Gasteiger partial charge in [-0.25, -0.2) is 4.39 Å². The minimum atomic E-state index is -0.345. The van der Waals surface area contributed by atoms with Gasteiger partial charge in [-0.2, -0.15) is 5.26 Å². The van der Waals surface area contributed by atoms with Crippen LogP contribution in [0.25, 0.3) is 0 Å². The van der Waals surface area contributed by atoms with Crippen LogP contribution >= 0.6 is 11.8 Å². The van der Waals surface area contributed by atoms with E-state index in [9.17, 15) is 9.18 Å². The van der Waals surface area contributed by atoms with Gasteiger partial charge in [0.2, 0.25) is 5.91 Å². The molecule has 16 heavy (non-hydrogen) atoms. The van der Waals surface area contributed by atoms with E-state index in [-0.39, 0.29) is 23.2 Å². The molecule has 0 radical (unpaired) electrons. The van der Waals surface area contributed by atoms with E-state index in [4.69, 9.17) is 5.26 Å². The molecule has 0 aliphatic heterocycles. The Bertz CT molecular complexity index is 428. The van der Waals surface area contributed by atoms with E-state index < -0.39 is 0 Å². The number of aryl methyl sites for hydroxylation is 1. The standard InChI is InChI=1S/C11H11FN2OS/c1-8-2-3-9(6-10(8)12)14-11(15)7-16-5-4-13/h2-3,6H,5,7H2,1H3,(H,14,15). The van der Waals surface area contributed by atoms with Crippen molar-refractivity contribution in [3.05, 3.63) is 29.6 Å². The lowest BCUT2D eigenvalue weighted by Gasteiger charge is -2.05. The van der Waals surface area contributed by atoms with Crippen LogP contribution in [0, 0.1) is 24.1 Å². The van der Waals surface area contributed by atoms with E-state index in [1.165, 1.54) is 17.8 Å². The summed E-state index contributed by atoms with van der Waals surface area (Å²) in [6, 6.07) is 6.46. The molecule has 3 nitrogen and oxygen atoms in total. The van der Waals surface area contributed by atoms with Gasteiger partial charge in [0.05, 0.1) is 17.6 Å². The molecule has 5 heteroatoms. The molecule has 0 aromatic heterocycles. The monoisotopic (exact) mass is 238 g/mol. The number of nitrogens with zero attached hydrogens (tertiary/aromatic N) is 1. The zero-order chi connectivity index (χ0) is 12.0. The number of hydrogen-bond acceptors (Lipinski definition) is 3. The predicted octanol–water partition coefficient (Wildman–Crippen LogP) is 2.33. The van der Waals surface area contributed by atoms with Gasteiger partial charge in [-0.05, 0) is 24.6 Å². The number of hydrogen-bond donors (Lipinski definition) is 1. The van der Waals surface area contributed by atoms with Gasteiger partial charge in [-0.15, -0.1) is 11.8 Å². The first-order chi connectivity index (χ1) is 7.63. The van der Waals surface area contributed by atoms with Gasteiger partial charge in [-0.3, -0.25) is 4.79 Å². The van der Waals surface area contributed by atoms with Crippen LogP contribution in [0.4, 0.5) is 10.1 Å². The molecular formula is C11H11FN2OS. The SMILES string of the molecule is Cc1ccc(NC(=O)CSCC#N)cc1F. The highest BCUT2D eigenvalue weighted by Crippen LogP contribution is 2.13. The van der Waals surface area contributed by atoms with Gasteiger partial charge in [0, 0.05) is 5.69 Å². The maximum absolute atomic E-state index is 13.1. The molecule has 1 N–H and O–H groups in total. The number of nitriles is 1. The number of amides is 1. The summed E-state index contributed by atoms with van der Waals surface area (Å²) in [5, 5.41) is 10.8. The van der Waals surface area contributed by atoms with Crippen LogP contribution < -0.4 is 5.32 Å². The van der Waals surface area contributed by atoms with E-state index in [2.05, 4.69) is 5.32 Å². The zero-order valence-electron chi connectivity index (χ0n) is 8.79. The zero-order valence-corrected chi connectivity index (χ0v) is 9.60. The minimum absolute atomic E-state index is 0.197. The third kappa shape index (κ3) is 3.91. The van der Waals surface area contributed by atoms with Crippen molar-refractivity contribution in [1.82, 2.24) is 0 Å². The van der Waals surface area contributed by atoms with Crippen molar-refractivity contribution in [3.63, 3.8) is 0 Å². The Morgan fingerprint density at radius 1 is 1.62 bits per heavy atom.